The minimum Gasteiger partial charge on any atom is -0.355 e. The summed E-state index contributed by atoms with van der Waals surface area (Å²) in [5.41, 5.74) is 0.0260. The number of amides is 1. The Bertz CT molecular complexity index is 501. The molecule has 7 heteroatoms. The minimum absolute atomic E-state index is 0.0260. The molecule has 0 aliphatic rings. The Kier molecular flexibility index (Phi) is 3.31. The number of carbonyl (C=O) groups is 1. The highest BCUT2D eigenvalue weighted by atomic mass is 35.7. The molecule has 0 atom stereocenters. The first kappa shape index (κ1) is 11.9. The average molecular weight is 252 g/mol. The van der Waals surface area contributed by atoms with Gasteiger partial charge in [-0.2, -0.15) is 0 Å². The van der Waals surface area contributed by atoms with E-state index in [2.05, 4.69) is 5.32 Å². The van der Waals surface area contributed by atoms with Crippen LogP contribution >= 0.6 is 10.7 Å². The number of halogens is 2. The van der Waals surface area contributed by atoms with Crippen molar-refractivity contribution in [1.82, 2.24) is 5.32 Å². The molecule has 15 heavy (non-hydrogen) atoms. The maximum Gasteiger partial charge on any atom is 0.264 e. The van der Waals surface area contributed by atoms with Crippen LogP contribution in [-0.2, 0) is 9.05 Å². The van der Waals surface area contributed by atoms with E-state index in [0.29, 0.717) is 0 Å². The fourth-order valence-corrected chi connectivity index (χ4v) is 1.90. The number of benzene rings is 1. The Morgan fingerprint density at radius 2 is 2.07 bits per heavy atom. The highest BCUT2D eigenvalue weighted by Gasteiger charge is 2.18. The fourth-order valence-electron chi connectivity index (χ4n) is 0.976. The molecule has 82 valence electrons. The minimum atomic E-state index is -4.18. The maximum atomic E-state index is 13.0. The van der Waals surface area contributed by atoms with Crippen LogP contribution < -0.4 is 5.32 Å². The highest BCUT2D eigenvalue weighted by molar-refractivity contribution is 8.13. The van der Waals surface area contributed by atoms with Crippen molar-refractivity contribution in [2.75, 3.05) is 7.05 Å². The molecule has 0 heterocycles. The lowest BCUT2D eigenvalue weighted by Crippen LogP contribution is -2.18. The van der Waals surface area contributed by atoms with Crippen LogP contribution in [0.25, 0.3) is 0 Å². The summed E-state index contributed by atoms with van der Waals surface area (Å²) in [6.45, 7) is 0. The molecule has 0 aliphatic heterocycles. The summed E-state index contributed by atoms with van der Waals surface area (Å²) in [5, 5.41) is 2.28. The second kappa shape index (κ2) is 4.16. The molecule has 0 spiro atoms. The second-order valence-electron chi connectivity index (χ2n) is 2.66. The summed E-state index contributed by atoms with van der Waals surface area (Å²) in [6, 6.07) is 2.93. The maximum absolute atomic E-state index is 13.0. The molecule has 0 aromatic heterocycles. The zero-order chi connectivity index (χ0) is 11.6. The normalized spacial score (nSPS) is 11.1. The number of nitrogens with one attached hydrogen (secondary N) is 1. The van der Waals surface area contributed by atoms with Crippen LogP contribution in [-0.4, -0.2) is 21.4 Å². The van der Waals surface area contributed by atoms with Gasteiger partial charge in [-0.3, -0.25) is 4.79 Å². The Morgan fingerprint density at radius 3 is 2.53 bits per heavy atom. The van der Waals surface area contributed by atoms with Gasteiger partial charge in [0.15, 0.2) is 0 Å². The van der Waals surface area contributed by atoms with Crippen molar-refractivity contribution in [1.29, 1.82) is 0 Å². The van der Waals surface area contributed by atoms with E-state index in [-0.39, 0.29) is 5.56 Å². The van der Waals surface area contributed by atoms with Crippen LogP contribution in [0.4, 0.5) is 4.39 Å². The van der Waals surface area contributed by atoms with E-state index in [9.17, 15) is 17.6 Å². The number of rotatable bonds is 2. The average Bonchev–Trinajstić information content (AvgIpc) is 2.15. The molecule has 0 bridgehead atoms. The SMILES string of the molecule is CNC(=O)c1ccc(F)c(S(=O)(=O)Cl)c1. The van der Waals surface area contributed by atoms with Crippen LogP contribution in [0.1, 0.15) is 10.4 Å². The van der Waals surface area contributed by atoms with E-state index in [1.54, 1.807) is 0 Å². The zero-order valence-corrected chi connectivity index (χ0v) is 9.19. The largest absolute Gasteiger partial charge is 0.355 e. The smallest absolute Gasteiger partial charge is 0.264 e. The van der Waals surface area contributed by atoms with Crippen molar-refractivity contribution >= 4 is 25.6 Å². The molecule has 0 unspecified atom stereocenters. The Hall–Kier alpha value is -1.14. The quantitative estimate of drug-likeness (QED) is 0.801. The highest BCUT2D eigenvalue weighted by Crippen LogP contribution is 2.20. The molecule has 4 nitrogen and oxygen atoms in total. The molecule has 1 amide bonds. The van der Waals surface area contributed by atoms with Crippen LogP contribution in [0.2, 0.25) is 0 Å². The van der Waals surface area contributed by atoms with Crippen molar-refractivity contribution < 1.29 is 17.6 Å². The van der Waals surface area contributed by atoms with Gasteiger partial charge >= 0.3 is 0 Å². The van der Waals surface area contributed by atoms with Crippen LogP contribution in [0.15, 0.2) is 23.1 Å². The summed E-state index contributed by atoms with van der Waals surface area (Å²) in [6.07, 6.45) is 0. The summed E-state index contributed by atoms with van der Waals surface area (Å²) in [4.78, 5) is 10.4. The van der Waals surface area contributed by atoms with Gasteiger partial charge in [0.05, 0.1) is 0 Å². The lowest BCUT2D eigenvalue weighted by atomic mass is 10.2. The molecular weight excluding hydrogens is 245 g/mol. The van der Waals surface area contributed by atoms with E-state index in [1.807, 2.05) is 0 Å². The topological polar surface area (TPSA) is 63.2 Å². The lowest BCUT2D eigenvalue weighted by Gasteiger charge is -2.02. The van der Waals surface area contributed by atoms with E-state index in [0.717, 1.165) is 12.1 Å². The van der Waals surface area contributed by atoms with Gasteiger partial charge in [0.1, 0.15) is 10.7 Å². The number of carbonyl (C=O) groups excluding carboxylic acids is 1. The van der Waals surface area contributed by atoms with Gasteiger partial charge in [0.25, 0.3) is 15.0 Å². The van der Waals surface area contributed by atoms with E-state index in [1.165, 1.54) is 13.1 Å². The Labute approximate surface area is 90.5 Å². The third-order valence-corrected chi connectivity index (χ3v) is 3.02. The second-order valence-corrected chi connectivity index (χ2v) is 5.20. The zero-order valence-electron chi connectivity index (χ0n) is 7.62. The van der Waals surface area contributed by atoms with E-state index in [4.69, 9.17) is 10.7 Å². The van der Waals surface area contributed by atoms with Crippen molar-refractivity contribution in [3.63, 3.8) is 0 Å². The van der Waals surface area contributed by atoms with Gasteiger partial charge in [-0.15, -0.1) is 0 Å². The lowest BCUT2D eigenvalue weighted by molar-refractivity contribution is 0.0963. The van der Waals surface area contributed by atoms with Gasteiger partial charge < -0.3 is 5.32 Å². The van der Waals surface area contributed by atoms with Gasteiger partial charge in [-0.05, 0) is 18.2 Å². The monoisotopic (exact) mass is 251 g/mol. The fraction of sp³-hybridized carbons (Fsp3) is 0.125. The summed E-state index contributed by atoms with van der Waals surface area (Å²) in [5.74, 6) is -1.51. The molecule has 0 fully saturated rings. The van der Waals surface area contributed by atoms with E-state index >= 15 is 0 Å². The third kappa shape index (κ3) is 2.66. The molecular formula is C8H7ClFNO3S. The molecule has 1 N–H and O–H groups in total. The molecule has 0 aliphatic carbocycles. The third-order valence-electron chi connectivity index (χ3n) is 1.68. The molecule has 0 saturated carbocycles. The molecule has 1 aromatic rings. The summed E-state index contributed by atoms with van der Waals surface area (Å²) < 4.78 is 34.9. The Balaban J connectivity index is 3.36. The van der Waals surface area contributed by atoms with Crippen molar-refractivity contribution in [3.05, 3.63) is 29.6 Å². The summed E-state index contributed by atoms with van der Waals surface area (Å²) in [7, 11) is 2.18. The number of hydrogen-bond donors (Lipinski definition) is 1. The Morgan fingerprint density at radius 1 is 1.47 bits per heavy atom. The molecule has 0 radical (unpaired) electrons. The number of hydrogen-bond acceptors (Lipinski definition) is 3. The van der Waals surface area contributed by atoms with Crippen molar-refractivity contribution in [3.8, 4) is 0 Å². The molecule has 1 rings (SSSR count). The first-order chi connectivity index (χ1) is 6.86. The van der Waals surface area contributed by atoms with Crippen molar-refractivity contribution in [2.45, 2.75) is 4.90 Å². The van der Waals surface area contributed by atoms with Gasteiger partial charge in [0.2, 0.25) is 0 Å². The van der Waals surface area contributed by atoms with Gasteiger partial charge in [0, 0.05) is 23.3 Å². The van der Waals surface area contributed by atoms with Crippen LogP contribution in [0.3, 0.4) is 0 Å². The van der Waals surface area contributed by atoms with Crippen LogP contribution in [0, 0.1) is 5.82 Å². The first-order valence-electron chi connectivity index (χ1n) is 3.82. The summed E-state index contributed by atoms with van der Waals surface area (Å²) >= 11 is 0. The van der Waals surface area contributed by atoms with E-state index < -0.39 is 25.7 Å². The van der Waals surface area contributed by atoms with Gasteiger partial charge in [-0.1, -0.05) is 0 Å². The van der Waals surface area contributed by atoms with Gasteiger partial charge in [-0.25, -0.2) is 12.8 Å². The predicted octanol–water partition coefficient (Wildman–Crippen LogP) is 1.11. The molecule has 0 saturated heterocycles. The standard InChI is InChI=1S/C8H7ClFNO3S/c1-11-8(12)5-2-3-6(10)7(4-5)15(9,13)14/h2-4H,1H3,(H,11,12). The van der Waals surface area contributed by atoms with Crippen molar-refractivity contribution in [2.24, 2.45) is 0 Å². The van der Waals surface area contributed by atoms with Crippen LogP contribution in [0.5, 0.6) is 0 Å². The first-order valence-corrected chi connectivity index (χ1v) is 6.13. The molecule has 1 aromatic carbocycles. The predicted molar refractivity (Wildman–Crippen MR) is 52.8 cm³/mol.